The van der Waals surface area contributed by atoms with E-state index < -0.39 is 42.5 Å². The van der Waals surface area contributed by atoms with E-state index in [2.05, 4.69) is 0 Å². The zero-order valence-corrected chi connectivity index (χ0v) is 17.0. The molecule has 0 unspecified atom stereocenters. The molecule has 0 aromatic heterocycles. The predicted octanol–water partition coefficient (Wildman–Crippen LogP) is -1.49. The van der Waals surface area contributed by atoms with Gasteiger partial charge >= 0.3 is 137 Å². The van der Waals surface area contributed by atoms with E-state index in [4.69, 9.17) is 35.4 Å². The fraction of sp³-hybridized carbons (Fsp3) is 0.429. The Kier molecular flexibility index (Phi) is 27.8. The van der Waals surface area contributed by atoms with Gasteiger partial charge in [-0.05, 0) is 0 Å². The van der Waals surface area contributed by atoms with E-state index in [1.165, 1.54) is 0 Å². The summed E-state index contributed by atoms with van der Waals surface area (Å²) in [6.45, 7) is 0. The average molecular weight is 380 g/mol. The van der Waals surface area contributed by atoms with Crippen LogP contribution in [0, 0.1) is 0 Å². The molecule has 0 aliphatic rings. The van der Waals surface area contributed by atoms with Crippen LogP contribution in [0.25, 0.3) is 0 Å². The Balaban J connectivity index is -0.0000000177. The average Bonchev–Trinajstić information content (AvgIpc) is 1.98. The Labute approximate surface area is 211 Å². The second-order valence-electron chi connectivity index (χ2n) is 2.76. The van der Waals surface area contributed by atoms with Gasteiger partial charge in [-0.1, -0.05) is 0 Å². The van der Waals surface area contributed by atoms with Crippen LogP contribution in [-0.2, 0) is 14.4 Å². The summed E-state index contributed by atoms with van der Waals surface area (Å²) in [5.74, 6) is -5.02. The molecule has 0 spiro atoms. The number of carboxylic acid groups (broad SMARTS) is 5. The molecule has 0 saturated heterocycles. The van der Waals surface area contributed by atoms with Gasteiger partial charge in [-0.25, -0.2) is 9.59 Å². The van der Waals surface area contributed by atoms with Crippen LogP contribution < -0.4 is 0 Å². The number of carbonyl (C=O) groups is 4. The molecule has 10 nitrogen and oxygen atoms in total. The van der Waals surface area contributed by atoms with Crippen molar-refractivity contribution < 1.29 is 58.4 Å². The summed E-state index contributed by atoms with van der Waals surface area (Å²) in [6.07, 6.45) is -4.12. The zero-order chi connectivity index (χ0) is 14.2. The molecule has 0 amide bonds. The topological polar surface area (TPSA) is 190 Å². The van der Waals surface area contributed by atoms with Crippen LogP contribution in [0.1, 0.15) is 21.4 Å². The fourth-order valence-electron chi connectivity index (χ4n) is 0.714. The van der Waals surface area contributed by atoms with Crippen molar-refractivity contribution in [2.75, 3.05) is 0 Å². The molecular weight excluding hydrogens is 364 g/mol. The van der Waals surface area contributed by atoms with E-state index >= 15 is 0 Å². The monoisotopic (exact) mass is 380 g/mol. The first kappa shape index (κ1) is 33.1. The molecule has 0 aliphatic carbocycles. The molecule has 0 fully saturated rings. The molecule has 0 aliphatic heterocycles. The summed E-state index contributed by atoms with van der Waals surface area (Å²) in [6, 6.07) is 0. The van der Waals surface area contributed by atoms with E-state index in [-0.39, 0.29) is 122 Å². The van der Waals surface area contributed by atoms with Gasteiger partial charge in [0.2, 0.25) is 0 Å². The molecular formula is C7H16Ca3O10. The summed E-state index contributed by atoms with van der Waals surface area (Å²) in [4.78, 5) is 39.0. The van der Waals surface area contributed by atoms with Crippen molar-refractivity contribution in [2.24, 2.45) is 0 Å². The Bertz CT molecular complexity index is 331. The summed E-state index contributed by atoms with van der Waals surface area (Å²) >= 11 is 0. The summed E-state index contributed by atoms with van der Waals surface area (Å²) < 4.78 is 0. The third-order valence-electron chi connectivity index (χ3n) is 1.29. The van der Waals surface area contributed by atoms with Crippen LogP contribution in [0.3, 0.4) is 0 Å². The molecule has 0 aromatic rings. The summed E-state index contributed by atoms with van der Waals surface area (Å²) in [5.41, 5.74) is -2.74. The van der Waals surface area contributed by atoms with Gasteiger partial charge in [0, 0.05) is 0 Å². The third kappa shape index (κ3) is 21.7. The molecule has 13 heteroatoms. The predicted molar refractivity (Wildman–Crippen MR) is 71.7 cm³/mol. The van der Waals surface area contributed by atoms with Crippen molar-refractivity contribution in [1.82, 2.24) is 0 Å². The Morgan fingerprint density at radius 3 is 1.05 bits per heavy atom. The SMILES string of the molecule is O=C(O)CC(O)(CC(=O)O)C(=O)O.O=C(O)O.[Ca+2].[Ca+2].[Ca+2].[H-].[H-].[H-].[H-].[H-].[H-]. The van der Waals surface area contributed by atoms with Crippen LogP contribution in [0.2, 0.25) is 0 Å². The standard InChI is InChI=1S/C6H8O7.CH2O3.3Ca.6H/c7-3(8)1-6(13,5(11)12)2-4(9)10;2-1(3)4;;;;;;;;;/h13H,1-2H2,(H,7,8)(H,9,10)(H,11,12);(H2,2,3,4);;;;;;;;;/q;;3*+2;6*-1. The van der Waals surface area contributed by atoms with Crippen LogP contribution >= 0.6 is 0 Å². The van der Waals surface area contributed by atoms with E-state index in [1.54, 1.807) is 0 Å². The van der Waals surface area contributed by atoms with E-state index in [0.717, 1.165) is 0 Å². The number of hydrogen-bond donors (Lipinski definition) is 6. The van der Waals surface area contributed by atoms with E-state index in [9.17, 15) is 14.4 Å². The first-order chi connectivity index (χ1) is 7.51. The maximum absolute atomic E-state index is 10.3. The molecule has 0 aromatic carbocycles. The van der Waals surface area contributed by atoms with Gasteiger partial charge < -0.3 is 39.2 Å². The Hall–Kier alpha value is 1.42. The van der Waals surface area contributed by atoms with Crippen molar-refractivity contribution in [2.45, 2.75) is 18.4 Å². The van der Waals surface area contributed by atoms with E-state index in [0.29, 0.717) is 0 Å². The molecule has 0 saturated carbocycles. The third-order valence-corrected chi connectivity index (χ3v) is 1.29. The number of carboxylic acids is 3. The summed E-state index contributed by atoms with van der Waals surface area (Å²) in [5, 5.41) is 47.8. The van der Waals surface area contributed by atoms with Crippen molar-refractivity contribution in [3.63, 3.8) is 0 Å². The first-order valence-corrected chi connectivity index (χ1v) is 3.82. The Morgan fingerprint density at radius 1 is 0.750 bits per heavy atom. The number of rotatable bonds is 5. The van der Waals surface area contributed by atoms with Gasteiger partial charge in [0.15, 0.2) is 5.60 Å². The smallest absolute Gasteiger partial charge is 1.00 e. The van der Waals surface area contributed by atoms with Gasteiger partial charge in [-0.15, -0.1) is 0 Å². The maximum atomic E-state index is 10.3. The molecule has 6 N–H and O–H groups in total. The quantitative estimate of drug-likeness (QED) is 0.306. The number of aliphatic carboxylic acids is 3. The second kappa shape index (κ2) is 16.8. The minimum absolute atomic E-state index is 0. The molecule has 0 rings (SSSR count). The largest absolute Gasteiger partial charge is 2.00 e. The van der Waals surface area contributed by atoms with Crippen molar-refractivity contribution in [3.8, 4) is 0 Å². The van der Waals surface area contributed by atoms with Crippen molar-refractivity contribution in [1.29, 1.82) is 0 Å². The van der Waals surface area contributed by atoms with E-state index in [1.807, 2.05) is 0 Å². The minimum Gasteiger partial charge on any atom is -1.00 e. The maximum Gasteiger partial charge on any atom is 2.00 e. The number of aliphatic hydroxyl groups is 1. The van der Waals surface area contributed by atoms with Crippen LogP contribution in [-0.4, -0.2) is 174 Å². The van der Waals surface area contributed by atoms with Gasteiger partial charge in [0.1, 0.15) is 0 Å². The molecule has 20 heavy (non-hydrogen) atoms. The van der Waals surface area contributed by atoms with Crippen molar-refractivity contribution >= 4 is 137 Å². The fourth-order valence-corrected chi connectivity index (χ4v) is 0.714. The minimum atomic E-state index is -2.74. The molecule has 0 atom stereocenters. The molecule has 0 radical (unpaired) electrons. The first-order valence-electron chi connectivity index (χ1n) is 3.82. The van der Waals surface area contributed by atoms with Gasteiger partial charge in [-0.2, -0.15) is 0 Å². The van der Waals surface area contributed by atoms with Crippen LogP contribution in [0.4, 0.5) is 4.79 Å². The van der Waals surface area contributed by atoms with Crippen LogP contribution in [0.15, 0.2) is 0 Å². The summed E-state index contributed by atoms with van der Waals surface area (Å²) in [7, 11) is 0. The Morgan fingerprint density at radius 2 is 0.950 bits per heavy atom. The second-order valence-corrected chi connectivity index (χ2v) is 2.76. The zero-order valence-electron chi connectivity index (χ0n) is 16.4. The van der Waals surface area contributed by atoms with Gasteiger partial charge in [0.25, 0.3) is 0 Å². The molecule has 0 bridgehead atoms. The number of hydrogen-bond acceptors (Lipinski definition) is 5. The van der Waals surface area contributed by atoms with Crippen LogP contribution in [0.5, 0.6) is 0 Å². The van der Waals surface area contributed by atoms with Gasteiger partial charge in [0.05, 0.1) is 12.8 Å². The molecule has 110 valence electrons. The van der Waals surface area contributed by atoms with Gasteiger partial charge in [-0.3, -0.25) is 9.59 Å². The normalized spacial score (nSPS) is 8.25. The molecule has 0 heterocycles. The van der Waals surface area contributed by atoms with Crippen molar-refractivity contribution in [3.05, 3.63) is 0 Å².